The Hall–Kier alpha value is -1.88. The molecule has 18 heavy (non-hydrogen) atoms. The molecule has 1 aromatic carbocycles. The summed E-state index contributed by atoms with van der Waals surface area (Å²) < 4.78 is 5.32. The molecule has 1 unspecified atom stereocenters. The molecule has 0 spiro atoms. The minimum absolute atomic E-state index is 0.177. The van der Waals surface area contributed by atoms with Crippen LogP contribution in [-0.4, -0.2) is 31.5 Å². The highest BCUT2D eigenvalue weighted by molar-refractivity contribution is 6.22. The Morgan fingerprint density at radius 2 is 2.00 bits per heavy atom. The topological polar surface area (TPSA) is 58.6 Å². The van der Waals surface area contributed by atoms with Crippen LogP contribution in [0.4, 0.5) is 5.69 Å². The van der Waals surface area contributed by atoms with E-state index in [-0.39, 0.29) is 18.2 Å². The molecule has 96 valence electrons. The van der Waals surface area contributed by atoms with Gasteiger partial charge in [0.05, 0.1) is 24.8 Å². The molecule has 1 heterocycles. The summed E-state index contributed by atoms with van der Waals surface area (Å²) in [4.78, 5) is 25.0. The quantitative estimate of drug-likeness (QED) is 0.805. The zero-order valence-electron chi connectivity index (χ0n) is 10.5. The van der Waals surface area contributed by atoms with E-state index in [9.17, 15) is 9.59 Å². The van der Waals surface area contributed by atoms with Crippen LogP contribution in [0.3, 0.4) is 0 Å². The van der Waals surface area contributed by atoms with Crippen molar-refractivity contribution in [1.82, 2.24) is 5.32 Å². The summed E-state index contributed by atoms with van der Waals surface area (Å²) in [6.45, 7) is 2.49. The van der Waals surface area contributed by atoms with E-state index in [4.69, 9.17) is 4.74 Å². The average Bonchev–Trinajstić information content (AvgIpc) is 2.66. The summed E-state index contributed by atoms with van der Waals surface area (Å²) in [5.74, 6) is 0.348. The highest BCUT2D eigenvalue weighted by atomic mass is 16.5. The molecule has 1 aromatic rings. The second kappa shape index (κ2) is 5.18. The fourth-order valence-corrected chi connectivity index (χ4v) is 1.99. The van der Waals surface area contributed by atoms with E-state index in [0.29, 0.717) is 12.3 Å². The smallest absolute Gasteiger partial charge is 0.251 e. The molecule has 2 amide bonds. The van der Waals surface area contributed by atoms with E-state index in [1.54, 1.807) is 31.3 Å². The number of hydrogen-bond acceptors (Lipinski definition) is 4. The maximum atomic E-state index is 12.0. The minimum Gasteiger partial charge on any atom is -0.494 e. The number of hydrogen-bond donors (Lipinski definition) is 1. The van der Waals surface area contributed by atoms with Crippen LogP contribution in [0.1, 0.15) is 13.3 Å². The molecule has 0 aromatic heterocycles. The molecule has 1 N–H and O–H groups in total. The Morgan fingerprint density at radius 3 is 2.50 bits per heavy atom. The second-order valence-electron chi connectivity index (χ2n) is 4.04. The Kier molecular flexibility index (Phi) is 3.62. The largest absolute Gasteiger partial charge is 0.494 e. The lowest BCUT2D eigenvalue weighted by atomic mass is 10.2. The van der Waals surface area contributed by atoms with Crippen LogP contribution in [0.2, 0.25) is 0 Å². The second-order valence-corrected chi connectivity index (χ2v) is 4.04. The Labute approximate surface area is 106 Å². The lowest BCUT2D eigenvalue weighted by Gasteiger charge is -2.15. The average molecular weight is 248 g/mol. The molecule has 1 fully saturated rings. The first-order chi connectivity index (χ1) is 8.67. The highest BCUT2D eigenvalue weighted by Crippen LogP contribution is 2.24. The van der Waals surface area contributed by atoms with E-state index in [0.717, 1.165) is 5.75 Å². The molecule has 5 nitrogen and oxygen atoms in total. The molecule has 1 aliphatic heterocycles. The predicted octanol–water partition coefficient (Wildman–Crippen LogP) is 0.937. The van der Waals surface area contributed by atoms with E-state index in [1.165, 1.54) is 4.90 Å². The van der Waals surface area contributed by atoms with Crippen molar-refractivity contribution in [3.8, 4) is 5.75 Å². The molecule has 1 aliphatic rings. The lowest BCUT2D eigenvalue weighted by molar-refractivity contribution is -0.121. The van der Waals surface area contributed by atoms with E-state index >= 15 is 0 Å². The molecule has 0 aliphatic carbocycles. The standard InChI is InChI=1S/C13H16N2O3/c1-3-18-10-6-4-9(5-7-10)15-12(16)8-11(14-2)13(15)17/h4-7,11,14H,3,8H2,1-2H3. The third-order valence-electron chi connectivity index (χ3n) is 2.90. The number of ether oxygens (including phenoxy) is 1. The maximum absolute atomic E-state index is 12.0. The van der Waals surface area contributed by atoms with Crippen molar-refractivity contribution in [3.63, 3.8) is 0 Å². The third kappa shape index (κ3) is 2.22. The number of carbonyl (C=O) groups excluding carboxylic acids is 2. The van der Waals surface area contributed by atoms with Gasteiger partial charge < -0.3 is 10.1 Å². The molecule has 2 rings (SSSR count). The van der Waals surface area contributed by atoms with Crippen LogP contribution < -0.4 is 15.0 Å². The molecule has 5 heteroatoms. The molecular formula is C13H16N2O3. The van der Waals surface area contributed by atoms with Gasteiger partial charge in [-0.25, -0.2) is 4.90 Å². The van der Waals surface area contributed by atoms with Crippen molar-refractivity contribution in [2.45, 2.75) is 19.4 Å². The number of anilines is 1. The highest BCUT2D eigenvalue weighted by Gasteiger charge is 2.38. The zero-order valence-corrected chi connectivity index (χ0v) is 10.5. The van der Waals surface area contributed by atoms with Gasteiger partial charge in [0.15, 0.2) is 0 Å². The summed E-state index contributed by atoms with van der Waals surface area (Å²) in [7, 11) is 1.68. The van der Waals surface area contributed by atoms with Gasteiger partial charge in [0.25, 0.3) is 5.91 Å². The zero-order chi connectivity index (χ0) is 13.1. The van der Waals surface area contributed by atoms with Gasteiger partial charge in [0, 0.05) is 0 Å². The predicted molar refractivity (Wildman–Crippen MR) is 67.6 cm³/mol. The van der Waals surface area contributed by atoms with Crippen LogP contribution >= 0.6 is 0 Å². The van der Waals surface area contributed by atoms with Crippen LogP contribution in [0.25, 0.3) is 0 Å². The number of nitrogens with zero attached hydrogens (tertiary/aromatic N) is 1. The Balaban J connectivity index is 2.21. The molecule has 0 radical (unpaired) electrons. The Morgan fingerprint density at radius 1 is 1.33 bits per heavy atom. The van der Waals surface area contributed by atoms with Crippen LogP contribution in [0.15, 0.2) is 24.3 Å². The number of benzene rings is 1. The molecule has 1 saturated heterocycles. The molecule has 0 bridgehead atoms. The van der Waals surface area contributed by atoms with Crippen molar-refractivity contribution in [3.05, 3.63) is 24.3 Å². The van der Waals surface area contributed by atoms with Crippen LogP contribution in [-0.2, 0) is 9.59 Å². The summed E-state index contributed by atoms with van der Waals surface area (Å²) >= 11 is 0. The summed E-state index contributed by atoms with van der Waals surface area (Å²) in [5.41, 5.74) is 0.589. The van der Waals surface area contributed by atoms with Gasteiger partial charge in [-0.15, -0.1) is 0 Å². The van der Waals surface area contributed by atoms with Crippen molar-refractivity contribution in [1.29, 1.82) is 0 Å². The number of likely N-dealkylation sites (N-methyl/N-ethyl adjacent to an activating group) is 1. The first-order valence-corrected chi connectivity index (χ1v) is 5.94. The van der Waals surface area contributed by atoms with Gasteiger partial charge >= 0.3 is 0 Å². The van der Waals surface area contributed by atoms with Crippen molar-refractivity contribution in [2.75, 3.05) is 18.6 Å². The number of imide groups is 1. The molecule has 0 saturated carbocycles. The van der Waals surface area contributed by atoms with E-state index in [2.05, 4.69) is 5.32 Å². The monoisotopic (exact) mass is 248 g/mol. The van der Waals surface area contributed by atoms with Gasteiger partial charge in [-0.05, 0) is 38.2 Å². The fraction of sp³-hybridized carbons (Fsp3) is 0.385. The van der Waals surface area contributed by atoms with Gasteiger partial charge in [-0.3, -0.25) is 9.59 Å². The molecule has 1 atom stereocenters. The summed E-state index contributed by atoms with van der Waals surface area (Å²) in [6, 6.07) is 6.54. The van der Waals surface area contributed by atoms with E-state index < -0.39 is 6.04 Å². The lowest BCUT2D eigenvalue weighted by Crippen LogP contribution is -2.37. The number of carbonyl (C=O) groups is 2. The number of amides is 2. The molecular weight excluding hydrogens is 232 g/mol. The van der Waals surface area contributed by atoms with Crippen LogP contribution in [0, 0.1) is 0 Å². The number of rotatable bonds is 4. The number of nitrogens with one attached hydrogen (secondary N) is 1. The fourth-order valence-electron chi connectivity index (χ4n) is 1.99. The van der Waals surface area contributed by atoms with Gasteiger partial charge in [-0.1, -0.05) is 0 Å². The van der Waals surface area contributed by atoms with Crippen molar-refractivity contribution < 1.29 is 14.3 Å². The van der Waals surface area contributed by atoms with Crippen LogP contribution in [0.5, 0.6) is 5.75 Å². The van der Waals surface area contributed by atoms with Gasteiger partial charge in [-0.2, -0.15) is 0 Å². The summed E-state index contributed by atoms with van der Waals surface area (Å²) in [5, 5.41) is 2.84. The SMILES string of the molecule is CCOc1ccc(N2C(=O)CC(NC)C2=O)cc1. The Bertz CT molecular complexity index is 456. The normalized spacial score (nSPS) is 19.4. The maximum Gasteiger partial charge on any atom is 0.251 e. The van der Waals surface area contributed by atoms with Gasteiger partial charge in [0.1, 0.15) is 5.75 Å². The minimum atomic E-state index is -0.413. The third-order valence-corrected chi connectivity index (χ3v) is 2.90. The van der Waals surface area contributed by atoms with Crippen molar-refractivity contribution in [2.24, 2.45) is 0 Å². The van der Waals surface area contributed by atoms with E-state index in [1.807, 2.05) is 6.92 Å². The summed E-state index contributed by atoms with van der Waals surface area (Å²) in [6.07, 6.45) is 0.211. The van der Waals surface area contributed by atoms with Crippen molar-refractivity contribution >= 4 is 17.5 Å². The first kappa shape index (κ1) is 12.6. The van der Waals surface area contributed by atoms with Gasteiger partial charge in [0.2, 0.25) is 5.91 Å². The first-order valence-electron chi connectivity index (χ1n) is 5.94.